The summed E-state index contributed by atoms with van der Waals surface area (Å²) < 4.78 is 26.1. The number of likely N-dealkylation sites (N-methyl/N-ethyl adjacent to an activating group) is 1. The summed E-state index contributed by atoms with van der Waals surface area (Å²) in [7, 11) is -2.24. The third kappa shape index (κ3) is 2.50. The van der Waals surface area contributed by atoms with Crippen LogP contribution in [0.4, 0.5) is 5.69 Å². The van der Waals surface area contributed by atoms with Crippen molar-refractivity contribution in [1.82, 2.24) is 4.31 Å². The molecule has 18 heavy (non-hydrogen) atoms. The molecule has 102 valence electrons. The van der Waals surface area contributed by atoms with Crippen molar-refractivity contribution in [2.75, 3.05) is 19.4 Å². The molecule has 1 rings (SSSR count). The molecular weight excluding hydrogens is 252 g/mol. The average molecular weight is 272 g/mol. The number of aliphatic hydroxyl groups excluding tert-OH is 1. The first-order valence-corrected chi connectivity index (χ1v) is 7.12. The number of benzene rings is 1. The Kier molecular flexibility index (Phi) is 4.37. The molecule has 0 fully saturated rings. The van der Waals surface area contributed by atoms with Crippen LogP contribution >= 0.6 is 0 Å². The summed E-state index contributed by atoms with van der Waals surface area (Å²) >= 11 is 0. The predicted molar refractivity (Wildman–Crippen MR) is 71.8 cm³/mol. The van der Waals surface area contributed by atoms with E-state index in [9.17, 15) is 8.42 Å². The van der Waals surface area contributed by atoms with Gasteiger partial charge in [0.2, 0.25) is 10.0 Å². The Bertz CT molecular complexity index is 540. The van der Waals surface area contributed by atoms with Crippen molar-refractivity contribution in [3.05, 3.63) is 23.3 Å². The summed E-state index contributed by atoms with van der Waals surface area (Å²) in [6, 6.07) is 2.89. The first kappa shape index (κ1) is 14.9. The van der Waals surface area contributed by atoms with Crippen LogP contribution in [0.3, 0.4) is 0 Å². The quantitative estimate of drug-likeness (QED) is 0.797. The molecule has 0 saturated carbocycles. The molecule has 1 aromatic carbocycles. The lowest BCUT2D eigenvalue weighted by atomic mass is 10.1. The van der Waals surface area contributed by atoms with Gasteiger partial charge in [0.05, 0.1) is 12.3 Å². The van der Waals surface area contributed by atoms with Gasteiger partial charge >= 0.3 is 0 Å². The number of rotatable bonds is 4. The number of nitrogen functional groups attached to an aromatic ring is 1. The predicted octanol–water partition coefficient (Wildman–Crippen LogP) is 0.887. The van der Waals surface area contributed by atoms with E-state index in [0.717, 1.165) is 9.87 Å². The molecule has 6 heteroatoms. The highest BCUT2D eigenvalue weighted by Crippen LogP contribution is 2.28. The van der Waals surface area contributed by atoms with Crippen LogP contribution in [0.1, 0.15) is 18.1 Å². The molecule has 1 unspecified atom stereocenters. The molecule has 0 radical (unpaired) electrons. The molecule has 0 heterocycles. The second kappa shape index (κ2) is 5.26. The Morgan fingerprint density at radius 3 is 2.44 bits per heavy atom. The Hall–Kier alpha value is -1.11. The van der Waals surface area contributed by atoms with Gasteiger partial charge in [-0.1, -0.05) is 6.07 Å². The topological polar surface area (TPSA) is 83.6 Å². The third-order valence-corrected chi connectivity index (χ3v) is 5.41. The first-order valence-electron chi connectivity index (χ1n) is 5.68. The van der Waals surface area contributed by atoms with Gasteiger partial charge < -0.3 is 10.8 Å². The van der Waals surface area contributed by atoms with E-state index in [2.05, 4.69) is 0 Å². The number of sulfonamides is 1. The molecule has 0 saturated heterocycles. The lowest BCUT2D eigenvalue weighted by Crippen LogP contribution is -2.38. The normalized spacial score (nSPS) is 13.9. The molecule has 1 aromatic rings. The molecule has 0 spiro atoms. The van der Waals surface area contributed by atoms with E-state index in [4.69, 9.17) is 10.8 Å². The highest BCUT2D eigenvalue weighted by molar-refractivity contribution is 7.89. The van der Waals surface area contributed by atoms with Crippen molar-refractivity contribution >= 4 is 15.7 Å². The van der Waals surface area contributed by atoms with Crippen molar-refractivity contribution in [1.29, 1.82) is 0 Å². The van der Waals surface area contributed by atoms with Gasteiger partial charge in [0.25, 0.3) is 0 Å². The zero-order chi connectivity index (χ0) is 14.1. The number of anilines is 1. The maximum absolute atomic E-state index is 12.5. The minimum Gasteiger partial charge on any atom is -0.398 e. The van der Waals surface area contributed by atoms with Crippen molar-refractivity contribution in [2.24, 2.45) is 0 Å². The van der Waals surface area contributed by atoms with E-state index < -0.39 is 16.1 Å². The third-order valence-electron chi connectivity index (χ3n) is 3.23. The number of nitrogens with two attached hydrogens (primary N) is 1. The second-order valence-electron chi connectivity index (χ2n) is 4.48. The molecule has 0 aliphatic carbocycles. The average Bonchev–Trinajstić information content (AvgIpc) is 2.32. The van der Waals surface area contributed by atoms with Crippen LogP contribution in [0.25, 0.3) is 0 Å². The molecule has 0 aromatic heterocycles. The monoisotopic (exact) mass is 272 g/mol. The van der Waals surface area contributed by atoms with Crippen LogP contribution in [-0.2, 0) is 10.0 Å². The number of aliphatic hydroxyl groups is 1. The van der Waals surface area contributed by atoms with Gasteiger partial charge in [0.15, 0.2) is 0 Å². The Morgan fingerprint density at radius 1 is 1.39 bits per heavy atom. The summed E-state index contributed by atoms with van der Waals surface area (Å²) in [6.45, 7) is 4.97. The SMILES string of the molecule is Cc1ccc(N)c(S(=O)(=O)N(C)C(C)CO)c1C. The summed E-state index contributed by atoms with van der Waals surface area (Å²) in [6.07, 6.45) is 0. The molecule has 0 bridgehead atoms. The number of nitrogens with zero attached hydrogens (tertiary/aromatic N) is 1. The first-order chi connectivity index (χ1) is 8.23. The van der Waals surface area contributed by atoms with Gasteiger partial charge in [-0.3, -0.25) is 0 Å². The minimum atomic E-state index is -3.69. The van der Waals surface area contributed by atoms with E-state index >= 15 is 0 Å². The van der Waals surface area contributed by atoms with Crippen LogP contribution in [0.5, 0.6) is 0 Å². The Balaban J connectivity index is 3.42. The van der Waals surface area contributed by atoms with Crippen LogP contribution < -0.4 is 5.73 Å². The largest absolute Gasteiger partial charge is 0.398 e. The van der Waals surface area contributed by atoms with E-state index in [1.165, 1.54) is 7.05 Å². The molecule has 0 amide bonds. The molecule has 5 nitrogen and oxygen atoms in total. The van der Waals surface area contributed by atoms with Gasteiger partial charge in [-0.25, -0.2) is 8.42 Å². The maximum atomic E-state index is 12.5. The lowest BCUT2D eigenvalue weighted by molar-refractivity contribution is 0.214. The van der Waals surface area contributed by atoms with Crippen LogP contribution in [0.15, 0.2) is 17.0 Å². The smallest absolute Gasteiger partial charge is 0.245 e. The minimum absolute atomic E-state index is 0.130. The van der Waals surface area contributed by atoms with Crippen LogP contribution in [0.2, 0.25) is 0 Å². The van der Waals surface area contributed by atoms with E-state index in [-0.39, 0.29) is 17.2 Å². The summed E-state index contributed by atoms with van der Waals surface area (Å²) in [4.78, 5) is 0.130. The van der Waals surface area contributed by atoms with E-state index in [1.54, 1.807) is 26.0 Å². The van der Waals surface area contributed by atoms with E-state index in [1.807, 2.05) is 6.92 Å². The fraction of sp³-hybridized carbons (Fsp3) is 0.500. The fourth-order valence-electron chi connectivity index (χ4n) is 1.65. The molecule has 0 aliphatic heterocycles. The van der Waals surface area contributed by atoms with E-state index in [0.29, 0.717) is 5.56 Å². The van der Waals surface area contributed by atoms with Gasteiger partial charge in [0.1, 0.15) is 4.90 Å². The zero-order valence-corrected chi connectivity index (χ0v) is 12.0. The highest BCUT2D eigenvalue weighted by Gasteiger charge is 2.28. The molecule has 1 atom stereocenters. The van der Waals surface area contributed by atoms with Gasteiger partial charge in [-0.15, -0.1) is 0 Å². The highest BCUT2D eigenvalue weighted by atomic mass is 32.2. The Morgan fingerprint density at radius 2 is 1.94 bits per heavy atom. The second-order valence-corrected chi connectivity index (χ2v) is 6.41. The standard InChI is InChI=1S/C12H20N2O3S/c1-8-5-6-11(13)12(10(8)3)18(16,17)14(4)9(2)7-15/h5-6,9,15H,7,13H2,1-4H3. The summed E-state index contributed by atoms with van der Waals surface area (Å²) in [5, 5.41) is 9.07. The number of hydrogen-bond donors (Lipinski definition) is 2. The molecular formula is C12H20N2O3S. The lowest BCUT2D eigenvalue weighted by Gasteiger charge is -2.24. The van der Waals surface area contributed by atoms with Gasteiger partial charge in [-0.05, 0) is 38.0 Å². The van der Waals surface area contributed by atoms with Crippen molar-refractivity contribution in [3.8, 4) is 0 Å². The van der Waals surface area contributed by atoms with Gasteiger partial charge in [-0.2, -0.15) is 4.31 Å². The van der Waals surface area contributed by atoms with Crippen molar-refractivity contribution in [3.63, 3.8) is 0 Å². The Labute approximate surface area is 108 Å². The maximum Gasteiger partial charge on any atom is 0.245 e. The number of hydrogen-bond acceptors (Lipinski definition) is 4. The van der Waals surface area contributed by atoms with Crippen LogP contribution in [-0.4, -0.2) is 37.5 Å². The molecule has 0 aliphatic rings. The zero-order valence-electron chi connectivity index (χ0n) is 11.1. The summed E-state index contributed by atoms with van der Waals surface area (Å²) in [5.41, 5.74) is 7.53. The van der Waals surface area contributed by atoms with Gasteiger partial charge in [0, 0.05) is 13.1 Å². The number of aryl methyl sites for hydroxylation is 1. The fourth-order valence-corrected chi connectivity index (χ4v) is 3.39. The van der Waals surface area contributed by atoms with Crippen LogP contribution in [0, 0.1) is 13.8 Å². The van der Waals surface area contributed by atoms with Crippen molar-refractivity contribution in [2.45, 2.75) is 31.7 Å². The molecule has 3 N–H and O–H groups in total. The van der Waals surface area contributed by atoms with Crippen molar-refractivity contribution < 1.29 is 13.5 Å². The summed E-state index contributed by atoms with van der Waals surface area (Å²) in [5.74, 6) is 0.